The van der Waals surface area contributed by atoms with Gasteiger partial charge in [0.15, 0.2) is 5.69 Å². The Labute approximate surface area is 102 Å². The Bertz CT molecular complexity index is 415. The van der Waals surface area contributed by atoms with Gasteiger partial charge in [-0.2, -0.15) is 13.2 Å². The molecule has 0 aromatic carbocycles. The highest BCUT2D eigenvalue weighted by Crippen LogP contribution is 2.21. The molecule has 0 aliphatic carbocycles. The number of halogens is 3. The van der Waals surface area contributed by atoms with Gasteiger partial charge in [-0.25, -0.2) is 9.48 Å². The lowest BCUT2D eigenvalue weighted by atomic mass is 10.3. The van der Waals surface area contributed by atoms with E-state index in [4.69, 9.17) is 4.74 Å². The van der Waals surface area contributed by atoms with Crippen molar-refractivity contribution in [3.05, 3.63) is 11.4 Å². The topological polar surface area (TPSA) is 57.0 Å². The Morgan fingerprint density at radius 2 is 2.11 bits per heavy atom. The zero-order valence-corrected chi connectivity index (χ0v) is 10.1. The third kappa shape index (κ3) is 4.01. The number of alkyl halides is 3. The number of hydrogen-bond donors (Lipinski definition) is 0. The summed E-state index contributed by atoms with van der Waals surface area (Å²) in [7, 11) is 0. The van der Waals surface area contributed by atoms with Crippen molar-refractivity contribution in [1.29, 1.82) is 0 Å². The van der Waals surface area contributed by atoms with Crippen LogP contribution in [0.15, 0.2) is 0 Å². The van der Waals surface area contributed by atoms with E-state index in [9.17, 15) is 18.0 Å². The van der Waals surface area contributed by atoms with E-state index in [1.165, 1.54) is 4.68 Å². The maximum atomic E-state index is 12.0. The van der Waals surface area contributed by atoms with Crippen molar-refractivity contribution in [2.45, 2.75) is 39.4 Å². The molecule has 0 spiro atoms. The summed E-state index contributed by atoms with van der Waals surface area (Å²) in [5, 5.41) is 7.24. The van der Waals surface area contributed by atoms with Gasteiger partial charge in [-0.3, -0.25) is 0 Å². The van der Waals surface area contributed by atoms with Crippen LogP contribution in [0.4, 0.5) is 13.2 Å². The Hall–Kier alpha value is -1.60. The van der Waals surface area contributed by atoms with E-state index in [1.54, 1.807) is 13.8 Å². The van der Waals surface area contributed by atoms with Gasteiger partial charge in [0.05, 0.1) is 12.3 Å². The van der Waals surface area contributed by atoms with Gasteiger partial charge in [-0.1, -0.05) is 5.21 Å². The maximum absolute atomic E-state index is 12.0. The average molecular weight is 265 g/mol. The fourth-order valence-electron chi connectivity index (χ4n) is 1.39. The summed E-state index contributed by atoms with van der Waals surface area (Å²) in [5.41, 5.74) is 0.458. The standard InChI is InChI=1S/C10H14F3N3O2/c1-3-18-9(17)8-7(2)16(15-14-8)6-4-5-10(11,12)13/h3-6H2,1-2H3. The first kappa shape index (κ1) is 14.5. The second kappa shape index (κ2) is 5.83. The van der Waals surface area contributed by atoms with Gasteiger partial charge in [-0.15, -0.1) is 5.10 Å². The smallest absolute Gasteiger partial charge is 0.389 e. The highest BCUT2D eigenvalue weighted by molar-refractivity contribution is 5.88. The number of nitrogens with zero attached hydrogens (tertiary/aromatic N) is 3. The van der Waals surface area contributed by atoms with Gasteiger partial charge < -0.3 is 4.74 Å². The fourth-order valence-corrected chi connectivity index (χ4v) is 1.39. The predicted molar refractivity (Wildman–Crippen MR) is 56.0 cm³/mol. The number of ether oxygens (including phenoxy) is 1. The molecule has 1 aromatic rings. The molecule has 0 aliphatic rings. The number of carbonyl (C=O) groups excluding carboxylic acids is 1. The zero-order valence-electron chi connectivity index (χ0n) is 10.1. The minimum Gasteiger partial charge on any atom is -0.461 e. The van der Waals surface area contributed by atoms with Crippen molar-refractivity contribution < 1.29 is 22.7 Å². The third-order valence-corrected chi connectivity index (χ3v) is 2.28. The van der Waals surface area contributed by atoms with Gasteiger partial charge in [-0.05, 0) is 20.3 Å². The van der Waals surface area contributed by atoms with E-state index in [1.807, 2.05) is 0 Å². The highest BCUT2D eigenvalue weighted by atomic mass is 19.4. The van der Waals surface area contributed by atoms with Crippen molar-refractivity contribution in [3.63, 3.8) is 0 Å². The molecule has 1 aromatic heterocycles. The predicted octanol–water partition coefficient (Wildman–Crippen LogP) is 2.11. The molecule has 1 rings (SSSR count). The molecule has 102 valence electrons. The van der Waals surface area contributed by atoms with Crippen LogP contribution in [0.2, 0.25) is 0 Å². The van der Waals surface area contributed by atoms with Gasteiger partial charge in [0.25, 0.3) is 0 Å². The minimum absolute atomic E-state index is 0.0452. The number of aromatic nitrogens is 3. The molecule has 0 saturated heterocycles. The lowest BCUT2D eigenvalue weighted by molar-refractivity contribution is -0.136. The van der Waals surface area contributed by atoms with Crippen LogP contribution >= 0.6 is 0 Å². The summed E-state index contributed by atoms with van der Waals surface area (Å²) >= 11 is 0. The van der Waals surface area contributed by atoms with Gasteiger partial charge >= 0.3 is 12.1 Å². The van der Waals surface area contributed by atoms with E-state index in [2.05, 4.69) is 10.3 Å². The third-order valence-electron chi connectivity index (χ3n) is 2.28. The van der Waals surface area contributed by atoms with E-state index in [-0.39, 0.29) is 25.3 Å². The number of carbonyl (C=O) groups is 1. The summed E-state index contributed by atoms with van der Waals surface area (Å²) in [4.78, 5) is 11.4. The summed E-state index contributed by atoms with van der Waals surface area (Å²) in [6.45, 7) is 3.50. The highest BCUT2D eigenvalue weighted by Gasteiger charge is 2.26. The molecule has 18 heavy (non-hydrogen) atoms. The number of aryl methyl sites for hydroxylation is 1. The van der Waals surface area contributed by atoms with Crippen molar-refractivity contribution in [2.24, 2.45) is 0 Å². The molecule has 1 heterocycles. The maximum Gasteiger partial charge on any atom is 0.389 e. The van der Waals surface area contributed by atoms with Gasteiger partial charge in [0.1, 0.15) is 0 Å². The van der Waals surface area contributed by atoms with Crippen molar-refractivity contribution in [2.75, 3.05) is 6.61 Å². The van der Waals surface area contributed by atoms with Crippen LogP contribution in [0, 0.1) is 6.92 Å². The lowest BCUT2D eigenvalue weighted by Gasteiger charge is -2.06. The molecule has 0 aliphatic heterocycles. The van der Waals surface area contributed by atoms with Crippen LogP contribution < -0.4 is 0 Å². The Balaban J connectivity index is 2.61. The second-order valence-electron chi connectivity index (χ2n) is 3.69. The molecule has 8 heteroatoms. The largest absolute Gasteiger partial charge is 0.461 e. The van der Waals surface area contributed by atoms with Crippen molar-refractivity contribution in [1.82, 2.24) is 15.0 Å². The van der Waals surface area contributed by atoms with E-state index < -0.39 is 18.6 Å². The number of rotatable bonds is 5. The van der Waals surface area contributed by atoms with Crippen LogP contribution in [-0.2, 0) is 11.3 Å². The lowest BCUT2D eigenvalue weighted by Crippen LogP contribution is -2.11. The first-order chi connectivity index (χ1) is 8.35. The first-order valence-electron chi connectivity index (χ1n) is 5.49. The Morgan fingerprint density at radius 1 is 1.44 bits per heavy atom. The van der Waals surface area contributed by atoms with Gasteiger partial charge in [0, 0.05) is 13.0 Å². The molecule has 0 unspecified atom stereocenters. The summed E-state index contributed by atoms with van der Waals surface area (Å²) in [6, 6.07) is 0. The normalized spacial score (nSPS) is 11.6. The number of hydrogen-bond acceptors (Lipinski definition) is 4. The minimum atomic E-state index is -4.18. The van der Waals surface area contributed by atoms with Crippen LogP contribution in [0.5, 0.6) is 0 Å². The Morgan fingerprint density at radius 3 is 2.67 bits per heavy atom. The van der Waals surface area contributed by atoms with Crippen molar-refractivity contribution in [3.8, 4) is 0 Å². The number of esters is 1. The van der Waals surface area contributed by atoms with Crippen LogP contribution in [0.3, 0.4) is 0 Å². The molecule has 0 amide bonds. The molecule has 0 radical (unpaired) electrons. The molecular formula is C10H14F3N3O2. The summed E-state index contributed by atoms with van der Waals surface area (Å²) < 4.78 is 41.9. The second-order valence-corrected chi connectivity index (χ2v) is 3.69. The zero-order chi connectivity index (χ0) is 13.8. The van der Waals surface area contributed by atoms with E-state index in [0.717, 1.165) is 0 Å². The first-order valence-corrected chi connectivity index (χ1v) is 5.49. The Kier molecular flexibility index (Phi) is 4.69. The van der Waals surface area contributed by atoms with Gasteiger partial charge in [0.2, 0.25) is 0 Å². The van der Waals surface area contributed by atoms with Crippen LogP contribution in [0.25, 0.3) is 0 Å². The molecule has 5 nitrogen and oxygen atoms in total. The summed E-state index contributed by atoms with van der Waals surface area (Å²) in [5.74, 6) is -0.614. The quantitative estimate of drug-likeness (QED) is 0.765. The summed E-state index contributed by atoms with van der Waals surface area (Å²) in [6.07, 6.45) is -5.17. The monoisotopic (exact) mass is 265 g/mol. The van der Waals surface area contributed by atoms with E-state index >= 15 is 0 Å². The average Bonchev–Trinajstić information content (AvgIpc) is 2.59. The fraction of sp³-hybridized carbons (Fsp3) is 0.700. The van der Waals surface area contributed by atoms with Crippen LogP contribution in [0.1, 0.15) is 35.9 Å². The SMILES string of the molecule is CCOC(=O)c1nnn(CCCC(F)(F)F)c1C. The molecular weight excluding hydrogens is 251 g/mol. The molecule has 0 fully saturated rings. The molecule has 0 saturated carbocycles. The van der Waals surface area contributed by atoms with Crippen LogP contribution in [-0.4, -0.2) is 33.7 Å². The molecule has 0 atom stereocenters. The molecule has 0 N–H and O–H groups in total. The van der Waals surface area contributed by atoms with Crippen molar-refractivity contribution >= 4 is 5.97 Å². The van der Waals surface area contributed by atoms with E-state index in [0.29, 0.717) is 5.69 Å². The molecule has 0 bridgehead atoms.